The van der Waals surface area contributed by atoms with Gasteiger partial charge in [0.1, 0.15) is 5.75 Å². The molecule has 0 radical (unpaired) electrons. The van der Waals surface area contributed by atoms with Gasteiger partial charge in [0.25, 0.3) is 5.91 Å². The number of aromatic hydroxyl groups is 1. The number of hydrogen-bond donors (Lipinski definition) is 3. The SMILES string of the molecule is Cc1cc(-c2cc(Cc3ccc(C(=O)NCC(C)C)cc3)[nH]c(=O)n2)ccc1O. The summed E-state index contributed by atoms with van der Waals surface area (Å²) in [5.41, 5.74) is 3.92. The number of benzene rings is 2. The van der Waals surface area contributed by atoms with Gasteiger partial charge in [0.15, 0.2) is 0 Å². The summed E-state index contributed by atoms with van der Waals surface area (Å²) in [5, 5.41) is 12.6. The van der Waals surface area contributed by atoms with Crippen LogP contribution in [0.15, 0.2) is 53.3 Å². The lowest BCUT2D eigenvalue weighted by atomic mass is 10.0. The van der Waals surface area contributed by atoms with E-state index in [4.69, 9.17) is 0 Å². The van der Waals surface area contributed by atoms with Gasteiger partial charge in [0.05, 0.1) is 5.69 Å². The van der Waals surface area contributed by atoms with Crippen LogP contribution in [0.3, 0.4) is 0 Å². The largest absolute Gasteiger partial charge is 0.508 e. The molecular weight excluding hydrogens is 366 g/mol. The van der Waals surface area contributed by atoms with Crippen molar-refractivity contribution in [3.05, 3.63) is 81.4 Å². The fourth-order valence-electron chi connectivity index (χ4n) is 2.96. The number of aromatic amines is 1. The van der Waals surface area contributed by atoms with Gasteiger partial charge in [-0.2, -0.15) is 4.98 Å². The fourth-order valence-corrected chi connectivity index (χ4v) is 2.96. The van der Waals surface area contributed by atoms with Gasteiger partial charge in [-0.1, -0.05) is 26.0 Å². The van der Waals surface area contributed by atoms with Crippen molar-refractivity contribution in [1.82, 2.24) is 15.3 Å². The molecule has 0 saturated carbocycles. The molecule has 2 aromatic carbocycles. The number of nitrogens with one attached hydrogen (secondary N) is 2. The van der Waals surface area contributed by atoms with E-state index in [0.717, 1.165) is 22.4 Å². The summed E-state index contributed by atoms with van der Waals surface area (Å²) in [7, 11) is 0. The van der Waals surface area contributed by atoms with Gasteiger partial charge >= 0.3 is 5.69 Å². The Kier molecular flexibility index (Phi) is 6.12. The second-order valence-corrected chi connectivity index (χ2v) is 7.58. The van der Waals surface area contributed by atoms with E-state index in [1.165, 1.54) is 0 Å². The molecule has 3 aromatic rings. The number of carbonyl (C=O) groups excluding carboxylic acids is 1. The van der Waals surface area contributed by atoms with Gasteiger partial charge in [0, 0.05) is 29.8 Å². The topological polar surface area (TPSA) is 95.1 Å². The number of aromatic nitrogens is 2. The maximum absolute atomic E-state index is 12.1. The number of carbonyl (C=O) groups is 1. The number of nitrogens with zero attached hydrogens (tertiary/aromatic N) is 1. The molecule has 6 heteroatoms. The summed E-state index contributed by atoms with van der Waals surface area (Å²) in [6, 6.07) is 14.3. The van der Waals surface area contributed by atoms with Crippen molar-refractivity contribution in [3.63, 3.8) is 0 Å². The van der Waals surface area contributed by atoms with Gasteiger partial charge in [-0.25, -0.2) is 4.79 Å². The maximum Gasteiger partial charge on any atom is 0.345 e. The van der Waals surface area contributed by atoms with Crippen molar-refractivity contribution in [2.75, 3.05) is 6.54 Å². The molecule has 0 aliphatic heterocycles. The highest BCUT2D eigenvalue weighted by Gasteiger charge is 2.09. The third-order valence-electron chi connectivity index (χ3n) is 4.57. The number of rotatable bonds is 6. The van der Waals surface area contributed by atoms with E-state index < -0.39 is 5.69 Å². The van der Waals surface area contributed by atoms with Crippen LogP contribution in [0.2, 0.25) is 0 Å². The summed E-state index contributed by atoms with van der Waals surface area (Å²) in [6.07, 6.45) is 0.510. The molecule has 0 aliphatic carbocycles. The van der Waals surface area contributed by atoms with Crippen LogP contribution >= 0.6 is 0 Å². The quantitative estimate of drug-likeness (QED) is 0.600. The molecule has 0 spiro atoms. The Morgan fingerprint density at radius 2 is 1.86 bits per heavy atom. The summed E-state index contributed by atoms with van der Waals surface area (Å²) in [4.78, 5) is 31.0. The van der Waals surface area contributed by atoms with E-state index in [9.17, 15) is 14.7 Å². The standard InChI is InChI=1S/C23H25N3O3/c1-14(2)13-24-22(28)17-6-4-16(5-7-17)11-19-12-20(26-23(29)25-19)18-8-9-21(27)15(3)10-18/h4-10,12,14,27H,11,13H2,1-3H3,(H,24,28)(H,25,26,29). The zero-order valence-electron chi connectivity index (χ0n) is 16.8. The van der Waals surface area contributed by atoms with Crippen LogP contribution in [-0.4, -0.2) is 27.5 Å². The van der Waals surface area contributed by atoms with Gasteiger partial charge < -0.3 is 15.4 Å². The molecule has 3 rings (SSSR count). The van der Waals surface area contributed by atoms with Crippen LogP contribution in [0, 0.1) is 12.8 Å². The highest BCUT2D eigenvalue weighted by Crippen LogP contribution is 2.24. The number of hydrogen-bond acceptors (Lipinski definition) is 4. The van der Waals surface area contributed by atoms with Crippen molar-refractivity contribution in [1.29, 1.82) is 0 Å². The van der Waals surface area contributed by atoms with E-state index in [-0.39, 0.29) is 11.7 Å². The lowest BCUT2D eigenvalue weighted by molar-refractivity contribution is 0.0949. The number of phenolic OH excluding ortho intramolecular Hbond substituents is 1. The van der Waals surface area contributed by atoms with Crippen molar-refractivity contribution >= 4 is 5.91 Å². The number of H-pyrrole nitrogens is 1. The Hall–Kier alpha value is -3.41. The van der Waals surface area contributed by atoms with E-state index in [0.29, 0.717) is 30.1 Å². The molecule has 1 amide bonds. The Bertz CT molecular complexity index is 1070. The van der Waals surface area contributed by atoms with Crippen molar-refractivity contribution in [2.45, 2.75) is 27.2 Å². The normalized spacial score (nSPS) is 10.9. The van der Waals surface area contributed by atoms with Crippen LogP contribution in [0.5, 0.6) is 5.75 Å². The molecule has 1 heterocycles. The first-order valence-corrected chi connectivity index (χ1v) is 9.59. The van der Waals surface area contributed by atoms with E-state index in [2.05, 4.69) is 15.3 Å². The van der Waals surface area contributed by atoms with E-state index in [1.54, 1.807) is 37.3 Å². The summed E-state index contributed by atoms with van der Waals surface area (Å²) < 4.78 is 0. The van der Waals surface area contributed by atoms with Gasteiger partial charge in [-0.15, -0.1) is 0 Å². The van der Waals surface area contributed by atoms with Crippen LogP contribution in [0.4, 0.5) is 0 Å². The lowest BCUT2D eigenvalue weighted by Crippen LogP contribution is -2.27. The van der Waals surface area contributed by atoms with Crippen LogP contribution in [0.1, 0.15) is 41.0 Å². The zero-order valence-corrected chi connectivity index (χ0v) is 16.8. The Labute approximate surface area is 169 Å². The van der Waals surface area contributed by atoms with Crippen LogP contribution in [0.25, 0.3) is 11.3 Å². The molecule has 3 N–H and O–H groups in total. The third-order valence-corrected chi connectivity index (χ3v) is 4.57. The monoisotopic (exact) mass is 391 g/mol. The second kappa shape index (κ2) is 8.73. The fraction of sp³-hybridized carbons (Fsp3) is 0.261. The lowest BCUT2D eigenvalue weighted by Gasteiger charge is -2.09. The molecule has 0 atom stereocenters. The van der Waals surface area contributed by atoms with E-state index >= 15 is 0 Å². The molecule has 29 heavy (non-hydrogen) atoms. The average Bonchev–Trinajstić information content (AvgIpc) is 2.68. The van der Waals surface area contributed by atoms with E-state index in [1.807, 2.05) is 32.0 Å². The first-order chi connectivity index (χ1) is 13.8. The molecule has 0 saturated heterocycles. The predicted octanol–water partition coefficient (Wildman–Crippen LogP) is 3.43. The summed E-state index contributed by atoms with van der Waals surface area (Å²) in [5.74, 6) is 0.511. The molecular formula is C23H25N3O3. The molecule has 0 unspecified atom stereocenters. The third kappa shape index (κ3) is 5.31. The molecule has 6 nitrogen and oxygen atoms in total. The molecule has 0 bridgehead atoms. The molecule has 0 fully saturated rings. The van der Waals surface area contributed by atoms with Gasteiger partial charge in [0.2, 0.25) is 0 Å². The van der Waals surface area contributed by atoms with Crippen LogP contribution in [-0.2, 0) is 6.42 Å². The minimum atomic E-state index is -0.423. The average molecular weight is 391 g/mol. The van der Waals surface area contributed by atoms with Crippen molar-refractivity contribution in [3.8, 4) is 17.0 Å². The Morgan fingerprint density at radius 3 is 2.52 bits per heavy atom. The maximum atomic E-state index is 12.1. The Balaban J connectivity index is 1.78. The first-order valence-electron chi connectivity index (χ1n) is 9.59. The minimum absolute atomic E-state index is 0.0902. The highest BCUT2D eigenvalue weighted by atomic mass is 16.3. The first kappa shape index (κ1) is 20.3. The molecule has 1 aromatic heterocycles. The highest BCUT2D eigenvalue weighted by molar-refractivity contribution is 5.94. The van der Waals surface area contributed by atoms with Gasteiger partial charge in [-0.05, 0) is 60.4 Å². The smallest absolute Gasteiger partial charge is 0.345 e. The minimum Gasteiger partial charge on any atom is -0.508 e. The second-order valence-electron chi connectivity index (χ2n) is 7.58. The molecule has 0 aliphatic rings. The zero-order chi connectivity index (χ0) is 21.0. The molecule has 150 valence electrons. The summed E-state index contributed by atoms with van der Waals surface area (Å²) >= 11 is 0. The predicted molar refractivity (Wildman–Crippen MR) is 113 cm³/mol. The number of aryl methyl sites for hydroxylation is 1. The number of phenols is 1. The van der Waals surface area contributed by atoms with Gasteiger partial charge in [-0.3, -0.25) is 4.79 Å². The number of amides is 1. The van der Waals surface area contributed by atoms with Crippen LogP contribution < -0.4 is 11.0 Å². The summed E-state index contributed by atoms with van der Waals surface area (Å²) in [6.45, 7) is 6.53. The van der Waals surface area contributed by atoms with Crippen molar-refractivity contribution in [2.24, 2.45) is 5.92 Å². The Morgan fingerprint density at radius 1 is 1.14 bits per heavy atom. The van der Waals surface area contributed by atoms with Crippen molar-refractivity contribution < 1.29 is 9.90 Å².